The minimum Gasteiger partial charge on any atom is -0.458 e. The molecule has 1 fully saturated rings. The van der Waals surface area contributed by atoms with Crippen LogP contribution < -0.4 is 4.74 Å². The van der Waals surface area contributed by atoms with E-state index in [1.54, 1.807) is 0 Å². The minimum atomic E-state index is -5.05. The van der Waals surface area contributed by atoms with Crippen LogP contribution in [-0.4, -0.2) is 40.0 Å². The Kier molecular flexibility index (Phi) is 5.86. The van der Waals surface area contributed by atoms with Crippen LogP contribution in [0.25, 0.3) is 0 Å². The third-order valence-corrected chi connectivity index (χ3v) is 4.37. The molecule has 0 spiro atoms. The maximum Gasteiger partial charge on any atom is 0.416 e. The summed E-state index contributed by atoms with van der Waals surface area (Å²) in [5, 5.41) is 0. The number of alkyl halides is 6. The normalized spacial score (nSPS) is 17.7. The molecule has 1 atom stereocenters. The van der Waals surface area contributed by atoms with Crippen molar-refractivity contribution in [3.63, 3.8) is 0 Å². The summed E-state index contributed by atoms with van der Waals surface area (Å²) in [4.78, 5) is 21.0. The van der Waals surface area contributed by atoms with E-state index in [-0.39, 0.29) is 25.2 Å². The first kappa shape index (κ1) is 21.8. The highest BCUT2D eigenvalue weighted by Gasteiger charge is 2.38. The van der Waals surface area contributed by atoms with Crippen LogP contribution in [0.2, 0.25) is 0 Å². The second-order valence-corrected chi connectivity index (χ2v) is 6.61. The number of likely N-dealkylation sites (tertiary alicyclic amines) is 1. The zero-order valence-corrected chi connectivity index (χ0v) is 15.1. The minimum absolute atomic E-state index is 0.0369. The van der Waals surface area contributed by atoms with Gasteiger partial charge in [0.25, 0.3) is 5.91 Å². The first-order chi connectivity index (χ1) is 13.9. The van der Waals surface area contributed by atoms with Gasteiger partial charge in [0.15, 0.2) is 5.82 Å². The molecule has 0 saturated carbocycles. The molecule has 1 aliphatic heterocycles. The van der Waals surface area contributed by atoms with E-state index in [1.165, 1.54) is 0 Å². The van der Waals surface area contributed by atoms with Crippen LogP contribution in [0.3, 0.4) is 0 Å². The number of hydrogen-bond acceptors (Lipinski definition) is 4. The highest BCUT2D eigenvalue weighted by atomic mass is 19.4. The molecular formula is C18H14F7N3O2. The predicted molar refractivity (Wildman–Crippen MR) is 88.0 cm³/mol. The number of benzene rings is 1. The molecule has 0 radical (unpaired) electrons. The number of carbonyl (C=O) groups excluding carboxylic acids is 1. The van der Waals surface area contributed by atoms with E-state index >= 15 is 0 Å². The standard InChI is InChI=1S/C18H14F7N3O2/c19-13-7-26-16(27-8-13)30-14-2-1-3-28(9-14)15(29)10-4-11(17(20,21)22)6-12(5-10)18(23,24)25/h4-8,14H,1-3,9H2. The summed E-state index contributed by atoms with van der Waals surface area (Å²) in [6, 6.07) is 0.593. The average molecular weight is 437 g/mol. The lowest BCUT2D eigenvalue weighted by Gasteiger charge is -2.32. The van der Waals surface area contributed by atoms with Crippen molar-refractivity contribution >= 4 is 5.91 Å². The van der Waals surface area contributed by atoms with Gasteiger partial charge in [-0.2, -0.15) is 26.3 Å². The summed E-state index contributed by atoms with van der Waals surface area (Å²) < 4.78 is 96.4. The van der Waals surface area contributed by atoms with Gasteiger partial charge in [-0.1, -0.05) is 0 Å². The molecular weight excluding hydrogens is 423 g/mol. The zero-order chi connectivity index (χ0) is 22.1. The third kappa shape index (κ3) is 5.16. The first-order valence-electron chi connectivity index (χ1n) is 8.66. The lowest BCUT2D eigenvalue weighted by atomic mass is 10.0. The second-order valence-electron chi connectivity index (χ2n) is 6.61. The number of hydrogen-bond donors (Lipinski definition) is 0. The largest absolute Gasteiger partial charge is 0.458 e. The van der Waals surface area contributed by atoms with Crippen molar-refractivity contribution in [1.82, 2.24) is 14.9 Å². The van der Waals surface area contributed by atoms with Gasteiger partial charge < -0.3 is 9.64 Å². The summed E-state index contributed by atoms with van der Waals surface area (Å²) in [6.07, 6.45) is -8.18. The van der Waals surface area contributed by atoms with Gasteiger partial charge in [-0.05, 0) is 31.0 Å². The van der Waals surface area contributed by atoms with Gasteiger partial charge in [-0.15, -0.1) is 0 Å². The Hall–Kier alpha value is -2.92. The molecule has 3 rings (SSSR count). The lowest BCUT2D eigenvalue weighted by molar-refractivity contribution is -0.143. The molecule has 1 aliphatic rings. The highest BCUT2D eigenvalue weighted by molar-refractivity contribution is 5.94. The number of ether oxygens (including phenoxy) is 1. The third-order valence-electron chi connectivity index (χ3n) is 4.37. The monoisotopic (exact) mass is 437 g/mol. The molecule has 1 aromatic carbocycles. The average Bonchev–Trinajstić information content (AvgIpc) is 2.68. The SMILES string of the molecule is O=C(c1cc(C(F)(F)F)cc(C(F)(F)F)c1)N1CCCC(Oc2ncc(F)cn2)C1. The van der Waals surface area contributed by atoms with E-state index in [0.717, 1.165) is 17.3 Å². The van der Waals surface area contributed by atoms with Gasteiger partial charge in [0.2, 0.25) is 0 Å². The molecule has 2 heterocycles. The number of aromatic nitrogens is 2. The van der Waals surface area contributed by atoms with E-state index in [1.807, 2.05) is 0 Å². The van der Waals surface area contributed by atoms with Crippen molar-refractivity contribution in [2.24, 2.45) is 0 Å². The first-order valence-corrected chi connectivity index (χ1v) is 8.66. The number of carbonyl (C=O) groups is 1. The van der Waals surface area contributed by atoms with Crippen molar-refractivity contribution < 1.29 is 40.3 Å². The van der Waals surface area contributed by atoms with Gasteiger partial charge in [0.05, 0.1) is 30.1 Å². The summed E-state index contributed by atoms with van der Waals surface area (Å²) in [5.41, 5.74) is -3.86. The van der Waals surface area contributed by atoms with E-state index in [0.29, 0.717) is 25.0 Å². The van der Waals surface area contributed by atoms with Crippen molar-refractivity contribution in [2.45, 2.75) is 31.3 Å². The van der Waals surface area contributed by atoms with Crippen molar-refractivity contribution in [3.05, 3.63) is 53.1 Å². The Bertz CT molecular complexity index is 881. The number of rotatable bonds is 3. The molecule has 2 aromatic rings. The fourth-order valence-corrected chi connectivity index (χ4v) is 2.99. The van der Waals surface area contributed by atoms with E-state index < -0.39 is 46.9 Å². The smallest absolute Gasteiger partial charge is 0.416 e. The van der Waals surface area contributed by atoms with Crippen molar-refractivity contribution in [1.29, 1.82) is 0 Å². The van der Waals surface area contributed by atoms with Gasteiger partial charge in [-0.3, -0.25) is 4.79 Å². The van der Waals surface area contributed by atoms with Crippen molar-refractivity contribution in [2.75, 3.05) is 13.1 Å². The van der Waals surface area contributed by atoms with E-state index in [4.69, 9.17) is 4.74 Å². The van der Waals surface area contributed by atoms with Crippen LogP contribution in [0.15, 0.2) is 30.6 Å². The Morgan fingerprint density at radius 3 is 2.10 bits per heavy atom. The topological polar surface area (TPSA) is 55.3 Å². The number of nitrogens with zero attached hydrogens (tertiary/aromatic N) is 3. The maximum atomic E-state index is 13.0. The Labute approximate surface area is 165 Å². The molecule has 0 aliphatic carbocycles. The van der Waals surface area contributed by atoms with E-state index in [2.05, 4.69) is 9.97 Å². The number of amides is 1. The van der Waals surface area contributed by atoms with Gasteiger partial charge in [0.1, 0.15) is 6.10 Å². The molecule has 0 bridgehead atoms. The number of piperidine rings is 1. The Balaban J connectivity index is 1.82. The van der Waals surface area contributed by atoms with Crippen LogP contribution in [-0.2, 0) is 12.4 Å². The van der Waals surface area contributed by atoms with Crippen LogP contribution in [0.5, 0.6) is 6.01 Å². The van der Waals surface area contributed by atoms with Crippen LogP contribution >= 0.6 is 0 Å². The summed E-state index contributed by atoms with van der Waals surface area (Å²) in [6.45, 7) is 0.0255. The summed E-state index contributed by atoms with van der Waals surface area (Å²) in [7, 11) is 0. The van der Waals surface area contributed by atoms with Gasteiger partial charge in [0, 0.05) is 12.1 Å². The Morgan fingerprint density at radius 1 is 1.00 bits per heavy atom. The van der Waals surface area contributed by atoms with Gasteiger partial charge in [-0.25, -0.2) is 14.4 Å². The molecule has 5 nitrogen and oxygen atoms in total. The number of halogens is 7. The Morgan fingerprint density at radius 2 is 1.57 bits per heavy atom. The molecule has 12 heteroatoms. The maximum absolute atomic E-state index is 13.0. The van der Waals surface area contributed by atoms with Crippen LogP contribution in [0, 0.1) is 5.82 Å². The molecule has 1 aromatic heterocycles. The molecule has 1 saturated heterocycles. The van der Waals surface area contributed by atoms with Crippen molar-refractivity contribution in [3.8, 4) is 6.01 Å². The van der Waals surface area contributed by atoms with Crippen LogP contribution in [0.1, 0.15) is 34.3 Å². The van der Waals surface area contributed by atoms with Crippen LogP contribution in [0.4, 0.5) is 30.7 Å². The lowest BCUT2D eigenvalue weighted by Crippen LogP contribution is -2.44. The van der Waals surface area contributed by atoms with E-state index in [9.17, 15) is 35.5 Å². The molecule has 1 unspecified atom stereocenters. The van der Waals surface area contributed by atoms with Gasteiger partial charge >= 0.3 is 18.4 Å². The molecule has 162 valence electrons. The zero-order valence-electron chi connectivity index (χ0n) is 15.1. The molecule has 30 heavy (non-hydrogen) atoms. The molecule has 0 N–H and O–H groups in total. The quantitative estimate of drug-likeness (QED) is 0.671. The highest BCUT2D eigenvalue weighted by Crippen LogP contribution is 2.36. The summed E-state index contributed by atoms with van der Waals surface area (Å²) >= 11 is 0. The predicted octanol–water partition coefficient (Wildman–Crippen LogP) is 4.34. The summed E-state index contributed by atoms with van der Waals surface area (Å²) in [5.74, 6) is -1.67. The fraction of sp³-hybridized carbons (Fsp3) is 0.389. The molecule has 1 amide bonds. The fourth-order valence-electron chi connectivity index (χ4n) is 2.99. The second kappa shape index (κ2) is 8.07.